The van der Waals surface area contributed by atoms with Crippen molar-refractivity contribution in [1.29, 1.82) is 0 Å². The molecule has 0 radical (unpaired) electrons. The van der Waals surface area contributed by atoms with Crippen LogP contribution < -0.4 is 5.73 Å². The number of fused-ring (bicyclic) bond motifs is 1. The van der Waals surface area contributed by atoms with E-state index in [-0.39, 0.29) is 0 Å². The van der Waals surface area contributed by atoms with Crippen LogP contribution in [-0.4, -0.2) is 17.3 Å². The second-order valence-corrected chi connectivity index (χ2v) is 5.37. The van der Waals surface area contributed by atoms with E-state index >= 15 is 0 Å². The number of hydrogen-bond donors (Lipinski definition) is 2. The van der Waals surface area contributed by atoms with Gasteiger partial charge in [0.2, 0.25) is 0 Å². The minimum absolute atomic E-state index is 0.319. The number of H-pyrrole nitrogens is 1. The fourth-order valence-corrected chi connectivity index (χ4v) is 3.25. The number of nitrogens with zero attached hydrogens (tertiary/aromatic N) is 3. The zero-order valence-electron chi connectivity index (χ0n) is 6.11. The van der Waals surface area contributed by atoms with E-state index < -0.39 is 0 Å². The molecule has 57 valence electrons. The van der Waals surface area contributed by atoms with Gasteiger partial charge < -0.3 is 0 Å². The van der Waals surface area contributed by atoms with Crippen LogP contribution in [0.15, 0.2) is 6.33 Å². The number of imidazole rings is 1. The van der Waals surface area contributed by atoms with E-state index in [1.54, 1.807) is 6.33 Å². The first kappa shape index (κ1) is 8.12. The molecule has 0 saturated carbocycles. The first-order chi connectivity index (χ1) is 5.68. The maximum atomic E-state index is 5.47. The summed E-state index contributed by atoms with van der Waals surface area (Å²) in [6.45, 7) is 0. The number of nitrogen functional groups attached to an aromatic ring is 1. The van der Waals surface area contributed by atoms with Crippen LogP contribution in [0.25, 0.3) is 11.2 Å². The molecular weight excluding hydrogens is 363 g/mol. The van der Waals surface area contributed by atoms with Gasteiger partial charge in [-0.25, -0.2) is 0 Å². The summed E-state index contributed by atoms with van der Waals surface area (Å²) in [6.07, 6.45) is 1.75. The van der Waals surface area contributed by atoms with E-state index in [1.165, 1.54) is 0 Å². The molecule has 0 unspecified atom stereocenters. The monoisotopic (exact) mass is 368 g/mol. The van der Waals surface area contributed by atoms with Gasteiger partial charge in [0.15, 0.2) is 0 Å². The second kappa shape index (κ2) is 2.77. The van der Waals surface area contributed by atoms with Crippen molar-refractivity contribution in [3.63, 3.8) is 0 Å². The first-order valence-corrected chi connectivity index (χ1v) is 6.09. The van der Waals surface area contributed by atoms with Gasteiger partial charge >= 0.3 is 89.7 Å². The molecule has 0 fully saturated rings. The Hall–Kier alpha value is -0.495. The third kappa shape index (κ3) is 1.14. The van der Waals surface area contributed by atoms with Gasteiger partial charge in [0.05, 0.1) is 0 Å². The van der Waals surface area contributed by atoms with Crippen LogP contribution in [0.4, 0.5) is 5.95 Å². The Bertz CT molecular complexity index is 486. The van der Waals surface area contributed by atoms with Crippen LogP contribution in [-0.2, 0) is 26.4 Å². The molecule has 0 aliphatic carbocycles. The van der Waals surface area contributed by atoms with Crippen molar-refractivity contribution in [3.8, 4) is 0 Å². The first-order valence-electron chi connectivity index (χ1n) is 3.22. The third-order valence-corrected chi connectivity index (χ3v) is 3.66. The van der Waals surface area contributed by atoms with E-state index in [2.05, 4.69) is 15.0 Å². The summed E-state index contributed by atoms with van der Waals surface area (Å²) in [7, 11) is 0. The molecule has 0 aromatic carbocycles. The molecular formula is C5H4HgN5S. The van der Waals surface area contributed by atoms with Gasteiger partial charge in [0.1, 0.15) is 0 Å². The number of hydrogen-bond acceptors (Lipinski definition) is 4. The molecule has 2 rings (SSSR count). The van der Waals surface area contributed by atoms with Crippen molar-refractivity contribution in [2.75, 3.05) is 5.73 Å². The Morgan fingerprint density at radius 1 is 1.67 bits per heavy atom. The summed E-state index contributed by atoms with van der Waals surface area (Å²) < 4.78 is 2.52. The average Bonchev–Trinajstić information content (AvgIpc) is 2.31. The Morgan fingerprint density at radius 3 is 3.17 bits per heavy atom. The molecule has 0 aliphatic heterocycles. The van der Waals surface area contributed by atoms with Gasteiger partial charge in [-0.3, -0.25) is 0 Å². The molecule has 3 N–H and O–H groups in total. The van der Waals surface area contributed by atoms with Crippen molar-refractivity contribution in [2.24, 2.45) is 0 Å². The molecule has 0 aliphatic rings. The fraction of sp³-hybridized carbons (Fsp3) is 0. The number of aromatic amines is 1. The SMILES string of the molecule is Nc1nc(=S)c2c(nc[n]2[Hg])[nH]1. The number of anilines is 1. The van der Waals surface area contributed by atoms with Crippen LogP contribution in [0.5, 0.6) is 0 Å². The number of nitrogens with one attached hydrogen (secondary N) is 1. The van der Waals surface area contributed by atoms with Crippen LogP contribution in [0, 0.1) is 4.64 Å². The van der Waals surface area contributed by atoms with Crippen molar-refractivity contribution >= 4 is 29.3 Å². The molecule has 7 heteroatoms. The molecule has 5 nitrogen and oxygen atoms in total. The van der Waals surface area contributed by atoms with Gasteiger partial charge in [-0.2, -0.15) is 0 Å². The quantitative estimate of drug-likeness (QED) is 0.522. The molecule has 0 amide bonds. The molecule has 2 aromatic heterocycles. The van der Waals surface area contributed by atoms with Gasteiger partial charge in [-0.1, -0.05) is 0 Å². The van der Waals surface area contributed by atoms with E-state index in [1.807, 2.05) is 2.33 Å². The zero-order valence-corrected chi connectivity index (χ0v) is 12.4. The van der Waals surface area contributed by atoms with Crippen LogP contribution in [0.2, 0.25) is 0 Å². The fourth-order valence-electron chi connectivity index (χ4n) is 1.01. The third-order valence-electron chi connectivity index (χ3n) is 1.51. The normalized spacial score (nSPS) is 10.8. The van der Waals surface area contributed by atoms with Crippen molar-refractivity contribution in [3.05, 3.63) is 11.0 Å². The summed E-state index contributed by atoms with van der Waals surface area (Å²) in [5.41, 5.74) is 7.08. The molecule has 12 heavy (non-hydrogen) atoms. The van der Waals surface area contributed by atoms with Crippen molar-refractivity contribution < 1.29 is 26.4 Å². The van der Waals surface area contributed by atoms with Crippen LogP contribution >= 0.6 is 12.2 Å². The van der Waals surface area contributed by atoms with Crippen molar-refractivity contribution in [2.45, 2.75) is 0 Å². The van der Waals surface area contributed by atoms with Crippen LogP contribution in [0.1, 0.15) is 0 Å². The van der Waals surface area contributed by atoms with Crippen molar-refractivity contribution in [1.82, 2.24) is 17.3 Å². The van der Waals surface area contributed by atoms with Crippen LogP contribution in [0.3, 0.4) is 0 Å². The summed E-state index contributed by atoms with van der Waals surface area (Å²) in [4.78, 5) is 10.9. The molecule has 0 spiro atoms. The number of nitrogens with two attached hydrogens (primary N) is 1. The average molecular weight is 367 g/mol. The van der Waals surface area contributed by atoms with Gasteiger partial charge in [-0.05, 0) is 0 Å². The van der Waals surface area contributed by atoms with E-state index in [0.717, 1.165) is 11.2 Å². The standard InChI is InChI=1S/C5H5N5S.Hg/c6-5-9-3-2(4(11)10-5)7-1-8-3;/h1H,(H4,6,7,8,9,10,11);/q;+1/p-1. The molecule has 2 aromatic rings. The van der Waals surface area contributed by atoms with Gasteiger partial charge in [-0.15, -0.1) is 0 Å². The maximum absolute atomic E-state index is 5.47. The van der Waals surface area contributed by atoms with Gasteiger partial charge in [0, 0.05) is 0 Å². The molecule has 2 heterocycles. The zero-order chi connectivity index (χ0) is 8.72. The topological polar surface area (TPSA) is 72.5 Å². The summed E-state index contributed by atoms with van der Waals surface area (Å²) in [5.74, 6) is 0.319. The van der Waals surface area contributed by atoms with E-state index in [9.17, 15) is 0 Å². The predicted octanol–water partition coefficient (Wildman–Crippen LogP) is 0.381. The summed E-state index contributed by atoms with van der Waals surface area (Å²) in [6, 6.07) is 0. The van der Waals surface area contributed by atoms with Gasteiger partial charge in [0.25, 0.3) is 0 Å². The Labute approximate surface area is 89.4 Å². The molecule has 0 saturated heterocycles. The Kier molecular flexibility index (Phi) is 1.88. The van der Waals surface area contributed by atoms with E-state index in [4.69, 9.17) is 18.0 Å². The van der Waals surface area contributed by atoms with E-state index in [0.29, 0.717) is 37.0 Å². The summed E-state index contributed by atoms with van der Waals surface area (Å²) in [5, 5.41) is 0. The predicted molar refractivity (Wildman–Crippen MR) is 42.5 cm³/mol. The number of rotatable bonds is 0. The Balaban J connectivity index is 3.03. The minimum atomic E-state index is 0.319. The second-order valence-electron chi connectivity index (χ2n) is 2.34. The Morgan fingerprint density at radius 2 is 2.42 bits per heavy atom. The summed E-state index contributed by atoms with van der Waals surface area (Å²) >= 11 is 5.48. The molecule has 0 bridgehead atoms. The number of aromatic nitrogens is 4. The molecule has 0 atom stereocenters.